The summed E-state index contributed by atoms with van der Waals surface area (Å²) in [5.41, 5.74) is 4.68. The average Bonchev–Trinajstić information content (AvgIpc) is 3.25. The van der Waals surface area contributed by atoms with Crippen LogP contribution in [0.3, 0.4) is 0 Å². The van der Waals surface area contributed by atoms with E-state index in [4.69, 9.17) is 0 Å². The number of pyridine rings is 1. The minimum atomic E-state index is -0.230. The van der Waals surface area contributed by atoms with E-state index in [0.717, 1.165) is 59.5 Å². The highest BCUT2D eigenvalue weighted by molar-refractivity contribution is 6.00. The zero-order chi connectivity index (χ0) is 24.1. The molecule has 34 heavy (non-hydrogen) atoms. The minimum Gasteiger partial charge on any atom is -0.352 e. The van der Waals surface area contributed by atoms with E-state index in [2.05, 4.69) is 25.8 Å². The van der Waals surface area contributed by atoms with Crippen LogP contribution in [0.5, 0.6) is 0 Å². The predicted octanol–water partition coefficient (Wildman–Crippen LogP) is 3.97. The third kappa shape index (κ3) is 5.72. The molecule has 1 aliphatic heterocycles. The first-order valence-corrected chi connectivity index (χ1v) is 11.9. The van der Waals surface area contributed by atoms with E-state index < -0.39 is 0 Å². The molecule has 2 atom stereocenters. The lowest BCUT2D eigenvalue weighted by Gasteiger charge is -2.20. The molecule has 1 aliphatic rings. The van der Waals surface area contributed by atoms with E-state index in [1.807, 2.05) is 75.4 Å². The third-order valence-electron chi connectivity index (χ3n) is 6.47. The second-order valence-electron chi connectivity index (χ2n) is 9.08. The number of aryl methyl sites for hydroxylation is 2. The number of nitrogens with one attached hydrogen (secondary N) is 3. The molecule has 7 nitrogen and oxygen atoms in total. The van der Waals surface area contributed by atoms with Crippen LogP contribution in [0.15, 0.2) is 54.6 Å². The van der Waals surface area contributed by atoms with Crippen molar-refractivity contribution in [2.45, 2.75) is 39.2 Å². The molecule has 1 aromatic heterocycles. The van der Waals surface area contributed by atoms with Crippen molar-refractivity contribution in [2.24, 2.45) is 0 Å². The van der Waals surface area contributed by atoms with E-state index in [0.29, 0.717) is 6.54 Å². The normalized spacial score (nSPS) is 16.9. The molecule has 0 spiro atoms. The van der Waals surface area contributed by atoms with Crippen LogP contribution in [0.1, 0.15) is 36.1 Å². The second-order valence-corrected chi connectivity index (χ2v) is 9.08. The van der Waals surface area contributed by atoms with Crippen LogP contribution in [0, 0.1) is 13.8 Å². The molecule has 0 saturated carbocycles. The number of anilines is 1. The van der Waals surface area contributed by atoms with Gasteiger partial charge < -0.3 is 16.0 Å². The maximum atomic E-state index is 12.8. The number of para-hydroxylation sites is 1. The van der Waals surface area contributed by atoms with E-state index >= 15 is 0 Å². The summed E-state index contributed by atoms with van der Waals surface area (Å²) in [5.74, 6) is -0.105. The standard InChI is InChI=1S/C27H33N5O2/c1-18-8-4-5-9-22(18)20(3)26(33)30-21-12-14-32(17-21)15-13-28-27(34)31-25-16-19(2)29-24-11-7-6-10-23(24)25/h4-11,16,20-21H,12-15,17H2,1-3H3,(H,30,33)(H2,28,29,31,34). The van der Waals surface area contributed by atoms with Crippen LogP contribution in [0.4, 0.5) is 10.5 Å². The molecule has 3 amide bonds. The quantitative estimate of drug-likeness (QED) is 0.499. The summed E-state index contributed by atoms with van der Waals surface area (Å²) in [6.07, 6.45) is 0.917. The van der Waals surface area contributed by atoms with Crippen LogP contribution in [0.25, 0.3) is 10.9 Å². The number of carbonyl (C=O) groups is 2. The Labute approximate surface area is 200 Å². The summed E-state index contributed by atoms with van der Waals surface area (Å²) in [4.78, 5) is 32.0. The van der Waals surface area contributed by atoms with Gasteiger partial charge in [-0.1, -0.05) is 42.5 Å². The number of rotatable bonds is 7. The van der Waals surface area contributed by atoms with E-state index in [9.17, 15) is 9.59 Å². The summed E-state index contributed by atoms with van der Waals surface area (Å²) in [5, 5.41) is 10.0. The monoisotopic (exact) mass is 459 g/mol. The van der Waals surface area contributed by atoms with E-state index in [-0.39, 0.29) is 23.9 Å². The number of carbonyl (C=O) groups excluding carboxylic acids is 2. The molecule has 3 N–H and O–H groups in total. The Balaban J connectivity index is 1.22. The summed E-state index contributed by atoms with van der Waals surface area (Å²) in [6.45, 7) is 8.89. The van der Waals surface area contributed by atoms with Gasteiger partial charge in [0.2, 0.25) is 5.91 Å². The maximum absolute atomic E-state index is 12.8. The molecular weight excluding hydrogens is 426 g/mol. The maximum Gasteiger partial charge on any atom is 0.319 e. The van der Waals surface area contributed by atoms with Gasteiger partial charge in [-0.15, -0.1) is 0 Å². The number of amides is 3. The lowest BCUT2D eigenvalue weighted by atomic mass is 9.95. The Morgan fingerprint density at radius 2 is 1.88 bits per heavy atom. The number of benzene rings is 2. The fourth-order valence-electron chi connectivity index (χ4n) is 4.60. The van der Waals surface area contributed by atoms with Gasteiger partial charge in [0.05, 0.1) is 17.1 Å². The van der Waals surface area contributed by atoms with Crippen LogP contribution in [-0.2, 0) is 4.79 Å². The first kappa shape index (κ1) is 23.7. The molecule has 0 radical (unpaired) electrons. The van der Waals surface area contributed by atoms with E-state index in [1.165, 1.54) is 0 Å². The number of urea groups is 1. The molecule has 7 heteroatoms. The Kier molecular flexibility index (Phi) is 7.43. The number of hydrogen-bond acceptors (Lipinski definition) is 4. The molecule has 1 fully saturated rings. The predicted molar refractivity (Wildman–Crippen MR) is 136 cm³/mol. The molecule has 178 valence electrons. The Morgan fingerprint density at radius 3 is 2.71 bits per heavy atom. The zero-order valence-electron chi connectivity index (χ0n) is 20.1. The number of fused-ring (bicyclic) bond motifs is 1. The van der Waals surface area contributed by atoms with Crippen molar-refractivity contribution < 1.29 is 9.59 Å². The number of likely N-dealkylation sites (tertiary alicyclic amines) is 1. The summed E-state index contributed by atoms with van der Waals surface area (Å²) < 4.78 is 0. The Morgan fingerprint density at radius 1 is 1.12 bits per heavy atom. The smallest absolute Gasteiger partial charge is 0.319 e. The molecule has 2 aromatic carbocycles. The first-order valence-electron chi connectivity index (χ1n) is 11.9. The lowest BCUT2D eigenvalue weighted by molar-refractivity contribution is -0.122. The number of hydrogen-bond donors (Lipinski definition) is 3. The van der Waals surface area contributed by atoms with Crippen molar-refractivity contribution in [1.29, 1.82) is 0 Å². The fourth-order valence-corrected chi connectivity index (χ4v) is 4.60. The minimum absolute atomic E-state index is 0.0681. The topological polar surface area (TPSA) is 86.4 Å². The Bertz CT molecular complexity index is 1180. The van der Waals surface area contributed by atoms with Crippen molar-refractivity contribution in [3.63, 3.8) is 0 Å². The van der Waals surface area contributed by atoms with Crippen molar-refractivity contribution in [1.82, 2.24) is 20.5 Å². The average molecular weight is 460 g/mol. The van der Waals surface area contributed by atoms with Gasteiger partial charge in [0, 0.05) is 43.3 Å². The van der Waals surface area contributed by atoms with Gasteiger partial charge >= 0.3 is 6.03 Å². The van der Waals surface area contributed by atoms with Gasteiger partial charge in [0.15, 0.2) is 0 Å². The van der Waals surface area contributed by atoms with Crippen LogP contribution >= 0.6 is 0 Å². The van der Waals surface area contributed by atoms with Crippen LogP contribution in [0.2, 0.25) is 0 Å². The number of nitrogens with zero attached hydrogens (tertiary/aromatic N) is 2. The van der Waals surface area contributed by atoms with Crippen molar-refractivity contribution in [3.05, 3.63) is 71.4 Å². The van der Waals surface area contributed by atoms with E-state index in [1.54, 1.807) is 0 Å². The largest absolute Gasteiger partial charge is 0.352 e. The fraction of sp³-hybridized carbons (Fsp3) is 0.370. The third-order valence-corrected chi connectivity index (χ3v) is 6.47. The lowest BCUT2D eigenvalue weighted by Crippen LogP contribution is -2.41. The van der Waals surface area contributed by atoms with Crippen LogP contribution in [-0.4, -0.2) is 54.0 Å². The van der Waals surface area contributed by atoms with Gasteiger partial charge in [-0.05, 0) is 50.5 Å². The van der Waals surface area contributed by atoms with Gasteiger partial charge in [-0.3, -0.25) is 14.7 Å². The second kappa shape index (κ2) is 10.7. The summed E-state index contributed by atoms with van der Waals surface area (Å²) >= 11 is 0. The molecule has 2 unspecified atom stereocenters. The Hall–Kier alpha value is -3.45. The zero-order valence-corrected chi connectivity index (χ0v) is 20.1. The molecule has 2 heterocycles. The summed E-state index contributed by atoms with van der Waals surface area (Å²) in [6, 6.07) is 17.6. The molecule has 3 aromatic rings. The number of aromatic nitrogens is 1. The molecule has 4 rings (SSSR count). The molecular formula is C27H33N5O2. The summed E-state index contributed by atoms with van der Waals surface area (Å²) in [7, 11) is 0. The van der Waals surface area contributed by atoms with Gasteiger partial charge in [0.1, 0.15) is 0 Å². The highest BCUT2D eigenvalue weighted by Crippen LogP contribution is 2.23. The SMILES string of the molecule is Cc1cc(NC(=O)NCCN2CCC(NC(=O)C(C)c3ccccc3C)C2)c2ccccc2n1. The van der Waals surface area contributed by atoms with Crippen LogP contribution < -0.4 is 16.0 Å². The van der Waals surface area contributed by atoms with Gasteiger partial charge in [-0.25, -0.2) is 4.79 Å². The van der Waals surface area contributed by atoms with Gasteiger partial charge in [-0.2, -0.15) is 0 Å². The highest BCUT2D eigenvalue weighted by atomic mass is 16.2. The molecule has 0 bridgehead atoms. The van der Waals surface area contributed by atoms with Crippen molar-refractivity contribution >= 4 is 28.5 Å². The van der Waals surface area contributed by atoms with Crippen molar-refractivity contribution in [3.8, 4) is 0 Å². The molecule has 0 aliphatic carbocycles. The highest BCUT2D eigenvalue weighted by Gasteiger charge is 2.26. The first-order chi connectivity index (χ1) is 16.4. The molecule has 1 saturated heterocycles. The van der Waals surface area contributed by atoms with Crippen molar-refractivity contribution in [2.75, 3.05) is 31.5 Å². The van der Waals surface area contributed by atoms with Gasteiger partial charge in [0.25, 0.3) is 0 Å².